The third-order valence-electron chi connectivity index (χ3n) is 19.3. The van der Waals surface area contributed by atoms with Crippen molar-refractivity contribution in [2.45, 2.75) is 457 Å². The van der Waals surface area contributed by atoms with Crippen LogP contribution in [-0.2, 0) is 65.4 Å². The zero-order chi connectivity index (χ0) is 74.1. The number of phosphoric ester groups is 2. The molecule has 0 aliphatic rings. The molecule has 0 aliphatic carbocycles. The van der Waals surface area contributed by atoms with Crippen molar-refractivity contribution < 1.29 is 80.2 Å². The molecule has 0 bridgehead atoms. The Bertz CT molecular complexity index is 1930. The van der Waals surface area contributed by atoms with Gasteiger partial charge in [0.05, 0.1) is 26.4 Å². The van der Waals surface area contributed by atoms with Gasteiger partial charge in [0.15, 0.2) is 12.2 Å². The van der Waals surface area contributed by atoms with E-state index in [2.05, 4.69) is 34.6 Å². The third-order valence-corrected chi connectivity index (χ3v) is 21.2. The predicted molar refractivity (Wildman–Crippen MR) is 414 cm³/mol. The number of hydrogen-bond acceptors (Lipinski definition) is 15. The molecule has 17 nitrogen and oxygen atoms in total. The number of unbranched alkanes of at least 4 members (excludes halogenated alkanes) is 54. The Morgan fingerprint density at radius 3 is 0.673 bits per heavy atom. The van der Waals surface area contributed by atoms with Gasteiger partial charge in [0.1, 0.15) is 19.3 Å². The first-order valence-electron chi connectivity index (χ1n) is 42.6. The van der Waals surface area contributed by atoms with Crippen LogP contribution >= 0.6 is 15.6 Å². The second-order valence-electron chi connectivity index (χ2n) is 30.0. The first kappa shape index (κ1) is 99.1. The van der Waals surface area contributed by atoms with Crippen molar-refractivity contribution in [2.24, 2.45) is 5.92 Å². The van der Waals surface area contributed by atoms with E-state index in [4.69, 9.17) is 37.0 Å². The van der Waals surface area contributed by atoms with Gasteiger partial charge >= 0.3 is 39.5 Å². The summed E-state index contributed by atoms with van der Waals surface area (Å²) in [7, 11) is -9.92. The number of aliphatic hydroxyl groups is 1. The fraction of sp³-hybridized carbons (Fsp3) is 0.951. The maximum absolute atomic E-state index is 13.1. The monoisotopic (exact) mass is 1480 g/mol. The van der Waals surface area contributed by atoms with Crippen LogP contribution in [0.3, 0.4) is 0 Å². The number of rotatable bonds is 82. The topological polar surface area (TPSA) is 237 Å². The summed E-state index contributed by atoms with van der Waals surface area (Å²) in [5, 5.41) is 10.6. The Balaban J connectivity index is 5.21. The molecule has 0 fully saturated rings. The molecule has 101 heavy (non-hydrogen) atoms. The average molecular weight is 1480 g/mol. The molecule has 0 aromatic rings. The van der Waals surface area contributed by atoms with Crippen LogP contribution in [0.25, 0.3) is 0 Å². The molecule has 2 unspecified atom stereocenters. The van der Waals surface area contributed by atoms with Crippen molar-refractivity contribution in [3.8, 4) is 0 Å². The lowest BCUT2D eigenvalue weighted by Crippen LogP contribution is -2.30. The molecule has 0 aliphatic heterocycles. The van der Waals surface area contributed by atoms with E-state index in [0.717, 1.165) is 95.8 Å². The van der Waals surface area contributed by atoms with Gasteiger partial charge in [-0.05, 0) is 31.6 Å². The van der Waals surface area contributed by atoms with E-state index in [1.165, 1.54) is 263 Å². The average Bonchev–Trinajstić information content (AvgIpc) is 0.998. The van der Waals surface area contributed by atoms with E-state index in [0.29, 0.717) is 25.7 Å². The number of phosphoric acid groups is 2. The number of carbonyl (C=O) groups excluding carboxylic acids is 4. The van der Waals surface area contributed by atoms with Crippen LogP contribution < -0.4 is 0 Å². The number of hydrogen-bond donors (Lipinski definition) is 3. The van der Waals surface area contributed by atoms with Crippen molar-refractivity contribution in [2.75, 3.05) is 39.6 Å². The van der Waals surface area contributed by atoms with E-state index in [9.17, 15) is 43.2 Å². The van der Waals surface area contributed by atoms with Gasteiger partial charge in [-0.1, -0.05) is 388 Å². The molecule has 0 heterocycles. The van der Waals surface area contributed by atoms with Gasteiger partial charge in [-0.25, -0.2) is 9.13 Å². The lowest BCUT2D eigenvalue weighted by molar-refractivity contribution is -0.161. The van der Waals surface area contributed by atoms with Crippen LogP contribution in [0.2, 0.25) is 0 Å². The summed E-state index contributed by atoms with van der Waals surface area (Å²) in [6, 6.07) is 0. The fourth-order valence-corrected chi connectivity index (χ4v) is 14.3. The number of esters is 4. The van der Waals surface area contributed by atoms with Crippen molar-refractivity contribution in [1.29, 1.82) is 0 Å². The molecule has 0 saturated carbocycles. The van der Waals surface area contributed by atoms with E-state index in [-0.39, 0.29) is 25.7 Å². The van der Waals surface area contributed by atoms with Crippen LogP contribution in [0.15, 0.2) is 0 Å². The zero-order valence-electron chi connectivity index (χ0n) is 66.1. The lowest BCUT2D eigenvalue weighted by atomic mass is 10.0. The summed E-state index contributed by atoms with van der Waals surface area (Å²) in [5.41, 5.74) is 0. The van der Waals surface area contributed by atoms with Gasteiger partial charge < -0.3 is 33.8 Å². The van der Waals surface area contributed by atoms with Crippen LogP contribution in [-0.4, -0.2) is 96.7 Å². The van der Waals surface area contributed by atoms with Crippen LogP contribution in [0, 0.1) is 5.92 Å². The Hall–Kier alpha value is -1.94. The molecule has 5 atom stereocenters. The molecule has 0 aromatic carbocycles. The maximum atomic E-state index is 13.1. The smallest absolute Gasteiger partial charge is 0.462 e. The van der Waals surface area contributed by atoms with Gasteiger partial charge in [-0.3, -0.25) is 37.3 Å². The molecule has 0 aromatic heterocycles. The van der Waals surface area contributed by atoms with Crippen molar-refractivity contribution in [3.63, 3.8) is 0 Å². The summed E-state index contributed by atoms with van der Waals surface area (Å²) in [6.45, 7) is 7.36. The first-order chi connectivity index (χ1) is 49.0. The molecule has 600 valence electrons. The van der Waals surface area contributed by atoms with E-state index < -0.39 is 97.5 Å². The molecule has 0 amide bonds. The fourth-order valence-electron chi connectivity index (χ4n) is 12.8. The summed E-state index contributed by atoms with van der Waals surface area (Å²) in [6.07, 6.45) is 66.6. The second kappa shape index (κ2) is 74.9. The molecule has 0 spiro atoms. The number of carbonyl (C=O) groups is 4. The highest BCUT2D eigenvalue weighted by atomic mass is 31.2. The van der Waals surface area contributed by atoms with E-state index in [1.807, 2.05) is 0 Å². The first-order valence-corrected chi connectivity index (χ1v) is 45.6. The minimum absolute atomic E-state index is 0.108. The summed E-state index contributed by atoms with van der Waals surface area (Å²) in [4.78, 5) is 73.0. The summed E-state index contributed by atoms with van der Waals surface area (Å²) >= 11 is 0. The number of aliphatic hydroxyl groups excluding tert-OH is 1. The largest absolute Gasteiger partial charge is 0.472 e. The van der Waals surface area contributed by atoms with Crippen LogP contribution in [0.5, 0.6) is 0 Å². The minimum atomic E-state index is -4.96. The highest BCUT2D eigenvalue weighted by Gasteiger charge is 2.30. The number of ether oxygens (including phenoxy) is 4. The lowest BCUT2D eigenvalue weighted by Gasteiger charge is -2.21. The van der Waals surface area contributed by atoms with E-state index in [1.54, 1.807) is 0 Å². The minimum Gasteiger partial charge on any atom is -0.462 e. The molecule has 3 N–H and O–H groups in total. The SMILES string of the molecule is CCCCCCCCCCCCCCCCCCCCC(=O)OC[C@H](COP(=O)(O)OC[C@@H](O)COP(=O)(O)OC[C@@H](COC(=O)CCCCCCCCCCCC)OC(=O)CCCCCCCCCCCCCC)OC(=O)CCCCCCCCCCCCCCCCCCCCC(C)C. The normalized spacial score (nSPS) is 13.8. The van der Waals surface area contributed by atoms with Gasteiger partial charge in [0.25, 0.3) is 0 Å². The van der Waals surface area contributed by atoms with Gasteiger partial charge in [0, 0.05) is 25.7 Å². The molecular weight excluding hydrogens is 1320 g/mol. The Morgan fingerprint density at radius 1 is 0.267 bits per heavy atom. The molecular formula is C82H160O17P2. The maximum Gasteiger partial charge on any atom is 0.472 e. The van der Waals surface area contributed by atoms with Gasteiger partial charge in [0.2, 0.25) is 0 Å². The van der Waals surface area contributed by atoms with Gasteiger partial charge in [-0.15, -0.1) is 0 Å². The quantitative estimate of drug-likeness (QED) is 0.0222. The summed E-state index contributed by atoms with van der Waals surface area (Å²) < 4.78 is 68.7. The Morgan fingerprint density at radius 2 is 0.455 bits per heavy atom. The third kappa shape index (κ3) is 76.1. The van der Waals surface area contributed by atoms with Gasteiger partial charge in [-0.2, -0.15) is 0 Å². The van der Waals surface area contributed by atoms with E-state index >= 15 is 0 Å². The molecule has 0 saturated heterocycles. The molecule has 0 radical (unpaired) electrons. The van der Waals surface area contributed by atoms with Crippen molar-refractivity contribution >= 4 is 39.5 Å². The predicted octanol–water partition coefficient (Wildman–Crippen LogP) is 24.8. The second-order valence-corrected chi connectivity index (χ2v) is 32.9. The molecule has 0 rings (SSSR count). The molecule has 19 heteroatoms. The Kier molecular flexibility index (Phi) is 73.5. The standard InChI is InChI=1S/C82H160O17P2/c1-6-9-12-15-18-21-24-26-27-28-32-35-38-42-46-51-56-61-66-80(85)93-72-78(99-82(87)68-63-58-53-48-43-39-36-33-30-29-31-34-37-40-44-49-54-59-64-75(4)5)74-97-101(90,91)95-70-76(83)69-94-100(88,89)96-73-77(71-92-79(84)65-60-55-50-45-23-20-17-14-11-8-3)98-81(86)67-62-57-52-47-41-25-22-19-16-13-10-7-2/h75-78,83H,6-74H2,1-5H3,(H,88,89)(H,90,91)/t76-,77+,78+/m0/s1. The highest BCUT2D eigenvalue weighted by molar-refractivity contribution is 7.47. The summed E-state index contributed by atoms with van der Waals surface area (Å²) in [5.74, 6) is -1.28. The van der Waals surface area contributed by atoms with Crippen LogP contribution in [0.4, 0.5) is 0 Å². The highest BCUT2D eigenvalue weighted by Crippen LogP contribution is 2.45. The zero-order valence-corrected chi connectivity index (χ0v) is 67.8. The van der Waals surface area contributed by atoms with Crippen LogP contribution in [0.1, 0.15) is 439 Å². The Labute approximate surface area is 619 Å². The van der Waals surface area contributed by atoms with Crippen molar-refractivity contribution in [3.05, 3.63) is 0 Å². The van der Waals surface area contributed by atoms with Crippen molar-refractivity contribution in [1.82, 2.24) is 0 Å².